The molecule has 1 aliphatic carbocycles. The lowest BCUT2D eigenvalue weighted by Crippen LogP contribution is -2.55. The molecule has 2 atom stereocenters. The van der Waals surface area contributed by atoms with Gasteiger partial charge in [0.05, 0.1) is 34.8 Å². The lowest BCUT2D eigenvalue weighted by Gasteiger charge is -2.40. The van der Waals surface area contributed by atoms with Crippen LogP contribution in [-0.2, 0) is 43.9 Å². The smallest absolute Gasteiger partial charge is 0.422 e. The van der Waals surface area contributed by atoms with Crippen LogP contribution in [0.4, 0.5) is 20.2 Å². The van der Waals surface area contributed by atoms with E-state index in [1.54, 1.807) is 26.8 Å². The average molecular weight is 1010 g/mol. The van der Waals surface area contributed by atoms with Gasteiger partial charge in [0.1, 0.15) is 11.7 Å². The number of hydrogen-bond acceptors (Lipinski definition) is 13. The van der Waals surface area contributed by atoms with E-state index in [-0.39, 0.29) is 72.9 Å². The summed E-state index contributed by atoms with van der Waals surface area (Å²) in [7, 11) is -4.45. The van der Waals surface area contributed by atoms with Crippen LogP contribution in [0.2, 0.25) is 5.02 Å². The van der Waals surface area contributed by atoms with E-state index in [4.69, 9.17) is 21.1 Å². The third-order valence-electron chi connectivity index (χ3n) is 11.5. The van der Waals surface area contributed by atoms with Crippen LogP contribution >= 0.6 is 27.5 Å². The van der Waals surface area contributed by atoms with Gasteiger partial charge < -0.3 is 24.6 Å². The molecule has 2 fully saturated rings. The molecular formula is C43H50BrClN10O10S. The van der Waals surface area contributed by atoms with Crippen LogP contribution in [-0.4, -0.2) is 118 Å². The Kier molecular flexibility index (Phi) is 14.9. The van der Waals surface area contributed by atoms with Crippen molar-refractivity contribution in [3.05, 3.63) is 91.8 Å². The van der Waals surface area contributed by atoms with Crippen molar-refractivity contribution in [2.75, 3.05) is 31.5 Å². The molecule has 2 aromatic heterocycles. The molecule has 0 saturated carbocycles. The standard InChI is InChI=1S/C43H50BrClN10O10S/c1-43(2,3)65-42(61)55-14-6-9-35(34(55)19-29(56)23-54-24-48-33-21-31(44)32(45)20-30(33)39(54)58)64-41(60)52-66(62,63)49-22-25-10-15-53(16-11-25)40(59)51-37-36(46-12-13-47-37)38(57)50-28-17-26-7-4-5-8-27(26)18-28/h4-5,7-8,12-13,20-21,24-25,28,34-35,49H,6,9-11,14-19,22-23H2,1-3H3,(H,50,57)(H,52,60)(H,47,51,59)/t34-,35+/m0/s1. The quantitative estimate of drug-likeness (QED) is 0.150. The van der Waals surface area contributed by atoms with Crippen LogP contribution in [0.25, 0.3) is 10.9 Å². The highest BCUT2D eigenvalue weighted by Crippen LogP contribution is 2.28. The Morgan fingerprint density at radius 1 is 0.955 bits per heavy atom. The first kappa shape index (κ1) is 48.2. The number of carbonyl (C=O) groups excluding carboxylic acids is 5. The average Bonchev–Trinajstić information content (AvgIpc) is 3.67. The predicted molar refractivity (Wildman–Crippen MR) is 245 cm³/mol. The number of Topliss-reactive ketones (excluding diaryl/α,β-unsaturated/α-hetero) is 1. The van der Waals surface area contributed by atoms with E-state index in [2.05, 4.69) is 46.2 Å². The van der Waals surface area contributed by atoms with Gasteiger partial charge in [0.2, 0.25) is 0 Å². The maximum Gasteiger partial charge on any atom is 0.422 e. The minimum atomic E-state index is -4.45. The van der Waals surface area contributed by atoms with Gasteiger partial charge >= 0.3 is 28.4 Å². The molecule has 2 aliphatic heterocycles. The molecule has 5 amide bonds. The van der Waals surface area contributed by atoms with Crippen LogP contribution in [0.1, 0.15) is 74.5 Å². The van der Waals surface area contributed by atoms with Crippen molar-refractivity contribution in [2.24, 2.45) is 5.92 Å². The van der Waals surface area contributed by atoms with Crippen LogP contribution < -0.4 is 25.6 Å². The maximum atomic E-state index is 13.6. The first-order chi connectivity index (χ1) is 31.3. The number of rotatable bonds is 12. The second-order valence-electron chi connectivity index (χ2n) is 17.4. The SMILES string of the molecule is CC(C)(C)OC(=O)N1CCC[C@@H](OC(=O)NS(=O)(=O)NCC2CCN(C(=O)Nc3nccnc3C(=O)NC3Cc4ccccc4C3)CC2)[C@@H]1CC(=O)Cn1cnc2cc(Br)c(Cl)cc2c1=O. The normalized spacial score (nSPS) is 18.1. The zero-order valence-electron chi connectivity index (χ0n) is 36.4. The highest BCUT2D eigenvalue weighted by Gasteiger charge is 2.40. The Balaban J connectivity index is 0.906. The number of nitrogens with one attached hydrogen (secondary N) is 4. The fourth-order valence-corrected chi connectivity index (χ4v) is 9.56. The molecule has 4 aromatic rings. The first-order valence-electron chi connectivity index (χ1n) is 21.4. The van der Waals surface area contributed by atoms with E-state index >= 15 is 0 Å². The van der Waals surface area contributed by atoms with Gasteiger partial charge in [0, 0.05) is 55.5 Å². The van der Waals surface area contributed by atoms with Gasteiger partial charge in [0.15, 0.2) is 17.3 Å². The Morgan fingerprint density at radius 2 is 1.65 bits per heavy atom. The summed E-state index contributed by atoms with van der Waals surface area (Å²) in [6.45, 7) is 5.24. The molecule has 4 N–H and O–H groups in total. The number of ether oxygens (including phenoxy) is 2. The summed E-state index contributed by atoms with van der Waals surface area (Å²) in [6.07, 6.45) is 3.14. The lowest BCUT2D eigenvalue weighted by molar-refractivity contribution is -0.122. The van der Waals surface area contributed by atoms with Crippen molar-refractivity contribution in [1.82, 2.24) is 44.1 Å². The molecule has 23 heteroatoms. The van der Waals surface area contributed by atoms with Gasteiger partial charge in [-0.1, -0.05) is 35.9 Å². The molecule has 4 heterocycles. The van der Waals surface area contributed by atoms with E-state index in [9.17, 15) is 37.2 Å². The Morgan fingerprint density at radius 3 is 2.35 bits per heavy atom. The van der Waals surface area contributed by atoms with E-state index in [0.29, 0.717) is 42.1 Å². The topological polar surface area (TPSA) is 253 Å². The monoisotopic (exact) mass is 1010 g/mol. The van der Waals surface area contributed by atoms with Crippen LogP contribution in [0.15, 0.2) is 64.4 Å². The fourth-order valence-electron chi connectivity index (χ4n) is 8.27. The molecule has 352 valence electrons. The van der Waals surface area contributed by atoms with Gasteiger partial charge in [-0.25, -0.2) is 34.1 Å². The second kappa shape index (κ2) is 20.4. The number of fused-ring (bicyclic) bond motifs is 2. The second-order valence-corrected chi connectivity index (χ2v) is 20.2. The van der Waals surface area contributed by atoms with Crippen molar-refractivity contribution >= 4 is 84.4 Å². The molecule has 2 aromatic carbocycles. The van der Waals surface area contributed by atoms with Gasteiger partial charge in [-0.05, 0) is 104 Å². The number of ketones is 1. The number of likely N-dealkylation sites (tertiary alicyclic amines) is 2. The van der Waals surface area contributed by atoms with E-state index < -0.39 is 70.0 Å². The first-order valence-corrected chi connectivity index (χ1v) is 24.1. The number of amides is 5. The van der Waals surface area contributed by atoms with Gasteiger partial charge in [-0.2, -0.15) is 13.1 Å². The number of carbonyl (C=O) groups is 5. The third-order valence-corrected chi connectivity index (χ3v) is 13.6. The molecule has 3 aliphatic rings. The highest BCUT2D eigenvalue weighted by atomic mass is 79.9. The molecule has 0 radical (unpaired) electrons. The highest BCUT2D eigenvalue weighted by molar-refractivity contribution is 9.10. The Hall–Kier alpha value is -5.71. The Bertz CT molecular complexity index is 2670. The van der Waals surface area contributed by atoms with Crippen molar-refractivity contribution in [2.45, 2.75) is 96.1 Å². The predicted octanol–water partition coefficient (Wildman–Crippen LogP) is 4.73. The summed E-state index contributed by atoms with van der Waals surface area (Å²) >= 11 is 9.51. The number of urea groups is 1. The molecule has 0 bridgehead atoms. The number of aromatic nitrogens is 4. The summed E-state index contributed by atoms with van der Waals surface area (Å²) < 4.78 is 43.2. The number of hydrogen-bond donors (Lipinski definition) is 4. The summed E-state index contributed by atoms with van der Waals surface area (Å²) in [5.74, 6) is -1.14. The molecule has 66 heavy (non-hydrogen) atoms. The van der Waals surface area contributed by atoms with Crippen LogP contribution in [0, 0.1) is 5.92 Å². The van der Waals surface area contributed by atoms with Crippen molar-refractivity contribution in [1.29, 1.82) is 0 Å². The van der Waals surface area contributed by atoms with Gasteiger partial charge in [-0.15, -0.1) is 0 Å². The van der Waals surface area contributed by atoms with Crippen LogP contribution in [0.5, 0.6) is 0 Å². The summed E-state index contributed by atoms with van der Waals surface area (Å²) in [4.78, 5) is 95.4. The number of benzene rings is 2. The molecule has 7 rings (SSSR count). The van der Waals surface area contributed by atoms with Gasteiger partial charge in [0.25, 0.3) is 11.5 Å². The Labute approximate surface area is 393 Å². The van der Waals surface area contributed by atoms with Crippen molar-refractivity contribution in [3.8, 4) is 0 Å². The van der Waals surface area contributed by atoms with E-state index in [0.717, 1.165) is 4.57 Å². The summed E-state index contributed by atoms with van der Waals surface area (Å²) in [5, 5.41) is 6.16. The number of piperidine rings is 2. The fraction of sp³-hybridized carbons (Fsp3) is 0.465. The van der Waals surface area contributed by atoms with Crippen molar-refractivity contribution < 1.29 is 41.9 Å². The summed E-state index contributed by atoms with van der Waals surface area (Å²) in [5.41, 5.74) is 1.27. The number of anilines is 1. The molecule has 0 spiro atoms. The lowest BCUT2D eigenvalue weighted by atomic mass is 9.94. The minimum Gasteiger partial charge on any atom is -0.444 e. The molecule has 0 unspecified atom stereocenters. The number of halogens is 2. The largest absolute Gasteiger partial charge is 0.444 e. The van der Waals surface area contributed by atoms with E-state index in [1.165, 1.54) is 45.7 Å². The number of nitrogens with zero attached hydrogens (tertiary/aromatic N) is 6. The maximum absolute atomic E-state index is 13.6. The van der Waals surface area contributed by atoms with Crippen LogP contribution in [0.3, 0.4) is 0 Å². The zero-order valence-corrected chi connectivity index (χ0v) is 39.6. The minimum absolute atomic E-state index is 0.0157. The summed E-state index contributed by atoms with van der Waals surface area (Å²) in [6, 6.07) is 9.33. The van der Waals surface area contributed by atoms with Crippen molar-refractivity contribution in [3.63, 3.8) is 0 Å². The van der Waals surface area contributed by atoms with E-state index in [1.807, 2.05) is 29.0 Å². The molecule has 2 saturated heterocycles. The van der Waals surface area contributed by atoms with Gasteiger partial charge in [-0.3, -0.25) is 24.3 Å². The molecular weight excluding hydrogens is 964 g/mol. The molecule has 20 nitrogen and oxygen atoms in total. The zero-order chi connectivity index (χ0) is 47.3. The third kappa shape index (κ3) is 12.2.